The number of carbonyl (C=O) groups excluding carboxylic acids is 1. The number of rotatable bonds is 5. The van der Waals surface area contributed by atoms with Crippen molar-refractivity contribution < 1.29 is 43.7 Å². The van der Waals surface area contributed by atoms with Crippen molar-refractivity contribution >= 4 is 13.8 Å². The van der Waals surface area contributed by atoms with Crippen molar-refractivity contribution in [3.05, 3.63) is 11.5 Å². The highest BCUT2D eigenvalue weighted by molar-refractivity contribution is 7.46. The first-order valence-corrected chi connectivity index (χ1v) is 7.39. The molecule has 2 atom stereocenters. The number of ether oxygens (including phenoxy) is 1. The lowest BCUT2D eigenvalue weighted by Gasteiger charge is -2.13. The van der Waals surface area contributed by atoms with Gasteiger partial charge in [-0.25, -0.2) is 9.36 Å². The van der Waals surface area contributed by atoms with Crippen LogP contribution in [0, 0.1) is 0 Å². The number of phosphoric acid groups is 1. The summed E-state index contributed by atoms with van der Waals surface area (Å²) in [6, 6.07) is 0. The first kappa shape index (κ1) is 18.9. The van der Waals surface area contributed by atoms with Crippen LogP contribution in [0.3, 0.4) is 0 Å². The van der Waals surface area contributed by atoms with Gasteiger partial charge in [0.25, 0.3) is 5.76 Å². The first-order valence-electron chi connectivity index (χ1n) is 5.86. The third-order valence-corrected chi connectivity index (χ3v) is 2.59. The van der Waals surface area contributed by atoms with Crippen molar-refractivity contribution in [2.75, 3.05) is 6.61 Å². The van der Waals surface area contributed by atoms with Crippen LogP contribution in [0.4, 0.5) is 0 Å². The highest BCUT2D eigenvalue weighted by Gasteiger charge is 2.42. The molecule has 0 aromatic rings. The fourth-order valence-electron chi connectivity index (χ4n) is 1.02. The predicted octanol–water partition coefficient (Wildman–Crippen LogP) is -0.0497. The van der Waals surface area contributed by atoms with E-state index in [-0.39, 0.29) is 0 Å². The van der Waals surface area contributed by atoms with Gasteiger partial charge < -0.3 is 24.6 Å². The van der Waals surface area contributed by atoms with Crippen LogP contribution in [0.1, 0.15) is 26.7 Å². The van der Waals surface area contributed by atoms with Gasteiger partial charge in [-0.3, -0.25) is 9.79 Å². The summed E-state index contributed by atoms with van der Waals surface area (Å²) in [5.74, 6) is -3.39. The molecule has 9 nitrogen and oxygen atoms in total. The van der Waals surface area contributed by atoms with Gasteiger partial charge in [0.2, 0.25) is 0 Å². The summed E-state index contributed by atoms with van der Waals surface area (Å²) in [5, 5.41) is 26.9. The van der Waals surface area contributed by atoms with Crippen LogP contribution in [0.2, 0.25) is 0 Å². The Labute approximate surface area is 115 Å². The molecule has 1 aliphatic heterocycles. The van der Waals surface area contributed by atoms with Crippen molar-refractivity contribution in [1.29, 1.82) is 0 Å². The zero-order valence-electron chi connectivity index (χ0n) is 11.1. The number of cyclic esters (lactones) is 1. The van der Waals surface area contributed by atoms with Crippen LogP contribution < -0.4 is 0 Å². The normalized spacial score (nSPS) is 20.1. The molecule has 0 amide bonds. The first-order chi connectivity index (χ1) is 9.17. The Kier molecular flexibility index (Phi) is 7.77. The zero-order chi connectivity index (χ0) is 15.9. The molecule has 5 N–H and O–H groups in total. The maximum absolute atomic E-state index is 11.0. The van der Waals surface area contributed by atoms with Gasteiger partial charge in [-0.1, -0.05) is 26.7 Å². The summed E-state index contributed by atoms with van der Waals surface area (Å²) in [4.78, 5) is 27.8. The molecule has 1 heterocycles. The SMILES string of the molecule is CCCC.O=C1OC(C(O)CO)C(O)=C1OP(=O)(O)O. The van der Waals surface area contributed by atoms with Crippen LogP contribution in [0.5, 0.6) is 0 Å². The molecule has 0 aromatic heterocycles. The van der Waals surface area contributed by atoms with Crippen molar-refractivity contribution in [2.24, 2.45) is 0 Å². The Morgan fingerprint density at radius 2 is 1.85 bits per heavy atom. The topological polar surface area (TPSA) is 154 Å². The largest absolute Gasteiger partial charge is 0.525 e. The van der Waals surface area contributed by atoms with Crippen LogP contribution >= 0.6 is 7.82 Å². The molecule has 1 aliphatic rings. The van der Waals surface area contributed by atoms with Crippen LogP contribution in [0.25, 0.3) is 0 Å². The van der Waals surface area contributed by atoms with Gasteiger partial charge in [-0.05, 0) is 0 Å². The van der Waals surface area contributed by atoms with E-state index in [0.29, 0.717) is 0 Å². The molecule has 0 bridgehead atoms. The lowest BCUT2D eigenvalue weighted by molar-refractivity contribution is -0.147. The molecular weight excluding hydrogens is 295 g/mol. The summed E-state index contributed by atoms with van der Waals surface area (Å²) in [6.07, 6.45) is -0.569. The van der Waals surface area contributed by atoms with E-state index < -0.39 is 44.1 Å². The molecule has 1 rings (SSSR count). The van der Waals surface area contributed by atoms with E-state index in [0.717, 1.165) is 0 Å². The molecule has 0 saturated carbocycles. The minimum atomic E-state index is -5.02. The number of aliphatic hydroxyl groups is 3. The molecule has 0 fully saturated rings. The number of phosphoric ester groups is 1. The number of esters is 1. The Balaban J connectivity index is 0.000000796. The van der Waals surface area contributed by atoms with E-state index in [9.17, 15) is 14.5 Å². The molecule has 2 unspecified atom stereocenters. The second-order valence-electron chi connectivity index (χ2n) is 3.87. The average Bonchev–Trinajstić information content (AvgIpc) is 2.64. The summed E-state index contributed by atoms with van der Waals surface area (Å²) in [6.45, 7) is 3.55. The fraction of sp³-hybridized carbons (Fsp3) is 0.700. The van der Waals surface area contributed by atoms with Crippen LogP contribution in [0.15, 0.2) is 11.5 Å². The number of unbranched alkanes of at least 4 members (excludes halogenated alkanes) is 1. The summed E-state index contributed by atoms with van der Waals surface area (Å²) >= 11 is 0. The van der Waals surface area contributed by atoms with Gasteiger partial charge in [0.1, 0.15) is 6.10 Å². The number of aliphatic hydroxyl groups excluding tert-OH is 3. The van der Waals surface area contributed by atoms with E-state index >= 15 is 0 Å². The predicted molar refractivity (Wildman–Crippen MR) is 66.3 cm³/mol. The summed E-state index contributed by atoms with van der Waals surface area (Å²) < 4.78 is 18.7. The number of hydrogen-bond donors (Lipinski definition) is 5. The molecular formula is C10H19O9P. The van der Waals surface area contributed by atoms with Gasteiger partial charge in [0.15, 0.2) is 11.9 Å². The molecule has 0 aromatic carbocycles. The minimum Gasteiger partial charge on any atom is -0.505 e. The molecule has 10 heteroatoms. The maximum Gasteiger partial charge on any atom is 0.525 e. The van der Waals surface area contributed by atoms with E-state index in [2.05, 4.69) is 23.1 Å². The third kappa shape index (κ3) is 5.89. The van der Waals surface area contributed by atoms with Crippen molar-refractivity contribution in [3.63, 3.8) is 0 Å². The van der Waals surface area contributed by atoms with Gasteiger partial charge in [-0.15, -0.1) is 0 Å². The van der Waals surface area contributed by atoms with Gasteiger partial charge in [-0.2, -0.15) is 0 Å². The fourth-order valence-corrected chi connectivity index (χ4v) is 1.42. The minimum absolute atomic E-state index is 0.814. The smallest absolute Gasteiger partial charge is 0.505 e. The molecule has 0 saturated heterocycles. The summed E-state index contributed by atoms with van der Waals surface area (Å²) in [7, 11) is -5.02. The number of carbonyl (C=O) groups is 1. The standard InChI is InChI=1S/C6H9O9P.C4H10/c7-1-2(8)4-3(9)5(6(10)14-4)15-16(11,12)13;1-3-4-2/h2,4,7-9H,1H2,(H2,11,12,13);3-4H2,1-2H3. The van der Waals surface area contributed by atoms with E-state index in [4.69, 9.17) is 20.0 Å². The average molecular weight is 314 g/mol. The Morgan fingerprint density at radius 1 is 1.35 bits per heavy atom. The van der Waals surface area contributed by atoms with Crippen molar-refractivity contribution in [1.82, 2.24) is 0 Å². The van der Waals surface area contributed by atoms with Crippen molar-refractivity contribution in [3.8, 4) is 0 Å². The van der Waals surface area contributed by atoms with Gasteiger partial charge >= 0.3 is 13.8 Å². The second kappa shape index (κ2) is 8.23. The molecule has 0 spiro atoms. The highest BCUT2D eigenvalue weighted by Crippen LogP contribution is 2.42. The molecule has 20 heavy (non-hydrogen) atoms. The van der Waals surface area contributed by atoms with Crippen LogP contribution in [-0.2, 0) is 18.6 Å². The lowest BCUT2D eigenvalue weighted by Crippen LogP contribution is -2.31. The molecule has 0 radical (unpaired) electrons. The zero-order valence-corrected chi connectivity index (χ0v) is 12.0. The van der Waals surface area contributed by atoms with E-state index in [1.54, 1.807) is 0 Å². The Morgan fingerprint density at radius 3 is 2.20 bits per heavy atom. The maximum atomic E-state index is 11.0. The quantitative estimate of drug-likeness (QED) is 0.347. The highest BCUT2D eigenvalue weighted by atomic mass is 31.2. The van der Waals surface area contributed by atoms with E-state index in [1.165, 1.54) is 12.8 Å². The Hall–Kier alpha value is -1.12. The molecule has 0 aliphatic carbocycles. The van der Waals surface area contributed by atoms with Gasteiger partial charge in [0, 0.05) is 0 Å². The number of hydrogen-bond acceptors (Lipinski definition) is 7. The van der Waals surface area contributed by atoms with Gasteiger partial charge in [0.05, 0.1) is 6.61 Å². The Bertz CT molecular complexity index is 398. The monoisotopic (exact) mass is 314 g/mol. The lowest BCUT2D eigenvalue weighted by atomic mass is 10.2. The second-order valence-corrected chi connectivity index (χ2v) is 5.04. The molecule has 118 valence electrons. The summed E-state index contributed by atoms with van der Waals surface area (Å²) in [5.41, 5.74) is 0. The van der Waals surface area contributed by atoms with Crippen LogP contribution in [-0.4, -0.2) is 49.9 Å². The van der Waals surface area contributed by atoms with E-state index in [1.807, 2.05) is 0 Å². The third-order valence-electron chi connectivity index (χ3n) is 2.17. The van der Waals surface area contributed by atoms with Crippen molar-refractivity contribution in [2.45, 2.75) is 38.9 Å².